The lowest BCUT2D eigenvalue weighted by Gasteiger charge is -2.40. The van der Waals surface area contributed by atoms with Gasteiger partial charge in [-0.2, -0.15) is 8.78 Å². The predicted molar refractivity (Wildman–Crippen MR) is 136 cm³/mol. The molecule has 5 rings (SSSR count). The molecule has 196 valence electrons. The SMILES string of the molecule is CN1CCN(C(=O)NCc2ccc(-c3nnc(C(F)F)o3)cc2F)C(c2cccc(-c3ccccc3)c2)C1. The van der Waals surface area contributed by atoms with Crippen molar-refractivity contribution in [1.82, 2.24) is 25.3 Å². The molecule has 4 aromatic rings. The number of alkyl halides is 2. The molecule has 1 aliphatic rings. The smallest absolute Gasteiger partial charge is 0.318 e. The molecule has 1 unspecified atom stereocenters. The van der Waals surface area contributed by atoms with Gasteiger partial charge in [0.15, 0.2) is 0 Å². The first-order chi connectivity index (χ1) is 18.4. The maximum Gasteiger partial charge on any atom is 0.318 e. The Balaban J connectivity index is 1.29. The lowest BCUT2D eigenvalue weighted by molar-refractivity contribution is 0.108. The van der Waals surface area contributed by atoms with E-state index < -0.39 is 18.1 Å². The third-order valence-electron chi connectivity index (χ3n) is 6.58. The Morgan fingerprint density at radius 2 is 1.79 bits per heavy atom. The number of carbonyl (C=O) groups excluding carboxylic acids is 1. The number of hydrogen-bond donors (Lipinski definition) is 1. The van der Waals surface area contributed by atoms with Crippen molar-refractivity contribution in [2.45, 2.75) is 19.0 Å². The fourth-order valence-electron chi connectivity index (χ4n) is 4.54. The van der Waals surface area contributed by atoms with Gasteiger partial charge in [-0.15, -0.1) is 10.2 Å². The monoisotopic (exact) mass is 521 g/mol. The van der Waals surface area contributed by atoms with Crippen LogP contribution in [0.2, 0.25) is 0 Å². The molecule has 3 aromatic carbocycles. The van der Waals surface area contributed by atoms with Crippen LogP contribution in [0.5, 0.6) is 0 Å². The molecule has 1 saturated heterocycles. The molecular formula is C28H26F3N5O2. The first-order valence-corrected chi connectivity index (χ1v) is 12.2. The summed E-state index contributed by atoms with van der Waals surface area (Å²) in [5, 5.41) is 9.63. The van der Waals surface area contributed by atoms with Crippen LogP contribution in [0, 0.1) is 5.82 Å². The highest BCUT2D eigenvalue weighted by Crippen LogP contribution is 2.29. The van der Waals surface area contributed by atoms with E-state index in [-0.39, 0.29) is 35.6 Å². The van der Waals surface area contributed by atoms with Crippen LogP contribution >= 0.6 is 0 Å². The van der Waals surface area contributed by atoms with E-state index in [0.29, 0.717) is 13.1 Å². The highest BCUT2D eigenvalue weighted by Gasteiger charge is 2.30. The van der Waals surface area contributed by atoms with E-state index in [1.165, 1.54) is 12.1 Å². The number of nitrogens with one attached hydrogen (secondary N) is 1. The van der Waals surface area contributed by atoms with Crippen molar-refractivity contribution in [3.05, 3.63) is 95.6 Å². The number of amides is 2. The number of likely N-dealkylation sites (N-methyl/N-ethyl adjacent to an activating group) is 1. The van der Waals surface area contributed by atoms with Crippen molar-refractivity contribution in [3.8, 4) is 22.6 Å². The molecule has 1 N–H and O–H groups in total. The van der Waals surface area contributed by atoms with Gasteiger partial charge in [0.25, 0.3) is 5.89 Å². The largest absolute Gasteiger partial charge is 0.415 e. The van der Waals surface area contributed by atoms with Gasteiger partial charge in [-0.05, 0) is 41.9 Å². The van der Waals surface area contributed by atoms with Gasteiger partial charge >= 0.3 is 12.5 Å². The second-order valence-electron chi connectivity index (χ2n) is 9.17. The van der Waals surface area contributed by atoms with Crippen molar-refractivity contribution in [3.63, 3.8) is 0 Å². The van der Waals surface area contributed by atoms with Crippen LogP contribution in [-0.4, -0.2) is 52.7 Å². The Kier molecular flexibility index (Phi) is 7.41. The molecule has 10 heteroatoms. The van der Waals surface area contributed by atoms with Gasteiger partial charge in [0.05, 0.1) is 6.04 Å². The molecule has 0 bridgehead atoms. The number of benzene rings is 3. The molecule has 2 heterocycles. The van der Waals surface area contributed by atoms with Crippen LogP contribution in [0.15, 0.2) is 77.2 Å². The normalized spacial score (nSPS) is 16.1. The summed E-state index contributed by atoms with van der Waals surface area (Å²) in [6.07, 6.45) is -2.91. The summed E-state index contributed by atoms with van der Waals surface area (Å²) in [6, 6.07) is 21.8. The molecule has 0 radical (unpaired) electrons. The predicted octanol–water partition coefficient (Wildman–Crippen LogP) is 5.68. The first kappa shape index (κ1) is 25.5. The van der Waals surface area contributed by atoms with Crippen LogP contribution < -0.4 is 5.32 Å². The minimum atomic E-state index is -2.91. The zero-order valence-electron chi connectivity index (χ0n) is 20.7. The average molecular weight is 522 g/mol. The van der Waals surface area contributed by atoms with E-state index in [1.807, 2.05) is 55.6 Å². The van der Waals surface area contributed by atoms with Crippen molar-refractivity contribution < 1.29 is 22.4 Å². The van der Waals surface area contributed by atoms with Gasteiger partial charge in [0, 0.05) is 37.3 Å². The van der Waals surface area contributed by atoms with Crippen LogP contribution in [0.1, 0.15) is 29.5 Å². The summed E-state index contributed by atoms with van der Waals surface area (Å²) >= 11 is 0. The first-order valence-electron chi connectivity index (χ1n) is 12.2. The van der Waals surface area contributed by atoms with Gasteiger partial charge in [-0.1, -0.05) is 54.6 Å². The Labute approximate surface area is 217 Å². The highest BCUT2D eigenvalue weighted by atomic mass is 19.3. The summed E-state index contributed by atoms with van der Waals surface area (Å²) in [7, 11) is 2.02. The van der Waals surface area contributed by atoms with Crippen molar-refractivity contribution >= 4 is 6.03 Å². The summed E-state index contributed by atoms with van der Waals surface area (Å²) in [4.78, 5) is 17.2. The highest BCUT2D eigenvalue weighted by molar-refractivity contribution is 5.75. The number of aromatic nitrogens is 2. The molecule has 7 nitrogen and oxygen atoms in total. The third-order valence-corrected chi connectivity index (χ3v) is 6.58. The van der Waals surface area contributed by atoms with E-state index >= 15 is 0 Å². The Morgan fingerprint density at radius 1 is 1.00 bits per heavy atom. The van der Waals surface area contributed by atoms with E-state index in [2.05, 4.69) is 26.5 Å². The molecule has 0 spiro atoms. The summed E-state index contributed by atoms with van der Waals surface area (Å²) < 4.78 is 45.1. The summed E-state index contributed by atoms with van der Waals surface area (Å²) in [5.41, 5.74) is 3.60. The molecule has 1 aliphatic heterocycles. The van der Waals surface area contributed by atoms with Crippen LogP contribution in [0.3, 0.4) is 0 Å². The fourth-order valence-corrected chi connectivity index (χ4v) is 4.54. The molecule has 0 aliphatic carbocycles. The molecule has 38 heavy (non-hydrogen) atoms. The van der Waals surface area contributed by atoms with Crippen LogP contribution in [0.25, 0.3) is 22.6 Å². The Bertz CT molecular complexity index is 1410. The second-order valence-corrected chi connectivity index (χ2v) is 9.17. The molecule has 1 fully saturated rings. The standard InChI is InChI=1S/C28H26F3N5O2/c1-35-12-13-36(24(17-35)20-9-5-8-19(14-20)18-6-3-2-4-7-18)28(37)32-16-22-11-10-21(15-23(22)29)26-33-34-27(38-26)25(30)31/h2-11,14-15,24-25H,12-13,16-17H2,1H3,(H,32,37). The van der Waals surface area contributed by atoms with E-state index in [1.54, 1.807) is 4.90 Å². The van der Waals surface area contributed by atoms with Crippen LogP contribution in [-0.2, 0) is 6.54 Å². The molecule has 1 atom stereocenters. The quantitative estimate of drug-likeness (QED) is 0.354. The van der Waals surface area contributed by atoms with E-state index in [4.69, 9.17) is 4.42 Å². The Hall–Kier alpha value is -4.18. The summed E-state index contributed by atoms with van der Waals surface area (Å²) in [5.74, 6) is -1.65. The minimum absolute atomic E-state index is 0.0415. The number of urea groups is 1. The number of halogens is 3. The van der Waals surface area contributed by atoms with E-state index in [0.717, 1.165) is 29.3 Å². The maximum absolute atomic E-state index is 14.8. The van der Waals surface area contributed by atoms with Crippen molar-refractivity contribution in [2.24, 2.45) is 0 Å². The van der Waals surface area contributed by atoms with Gasteiger partial charge in [-0.3, -0.25) is 0 Å². The van der Waals surface area contributed by atoms with Crippen molar-refractivity contribution in [2.75, 3.05) is 26.7 Å². The third kappa shape index (κ3) is 5.55. The number of carbonyl (C=O) groups is 1. The van der Waals surface area contributed by atoms with Crippen LogP contribution in [0.4, 0.5) is 18.0 Å². The zero-order chi connectivity index (χ0) is 26.6. The molecule has 0 saturated carbocycles. The maximum atomic E-state index is 14.8. The topological polar surface area (TPSA) is 74.5 Å². The number of hydrogen-bond acceptors (Lipinski definition) is 5. The fraction of sp³-hybridized carbons (Fsp3) is 0.250. The zero-order valence-corrected chi connectivity index (χ0v) is 20.7. The average Bonchev–Trinajstić information content (AvgIpc) is 3.44. The molecule has 2 amide bonds. The lowest BCUT2D eigenvalue weighted by Crippen LogP contribution is -2.52. The van der Waals surface area contributed by atoms with Crippen molar-refractivity contribution in [1.29, 1.82) is 0 Å². The van der Waals surface area contributed by atoms with Gasteiger partial charge in [0.2, 0.25) is 5.89 Å². The number of piperazine rings is 1. The van der Waals surface area contributed by atoms with Gasteiger partial charge in [-0.25, -0.2) is 9.18 Å². The van der Waals surface area contributed by atoms with E-state index in [9.17, 15) is 18.0 Å². The molecular weight excluding hydrogens is 495 g/mol. The van der Waals surface area contributed by atoms with Gasteiger partial charge < -0.3 is 19.5 Å². The number of nitrogens with zero attached hydrogens (tertiary/aromatic N) is 4. The van der Waals surface area contributed by atoms with Gasteiger partial charge in [0.1, 0.15) is 5.82 Å². The number of rotatable bonds is 6. The second kappa shape index (κ2) is 11.1. The summed E-state index contributed by atoms with van der Waals surface area (Å²) in [6.45, 7) is 1.86. The Morgan fingerprint density at radius 3 is 2.53 bits per heavy atom. The lowest BCUT2D eigenvalue weighted by atomic mass is 9.97. The minimum Gasteiger partial charge on any atom is -0.415 e. The molecule has 1 aromatic heterocycles.